The molecular weight excluding hydrogens is 301 g/mol. The number of ether oxygens (including phenoxy) is 1. The number of likely N-dealkylation sites (tertiary alicyclic amines) is 1. The van der Waals surface area contributed by atoms with Gasteiger partial charge in [-0.3, -0.25) is 4.90 Å². The van der Waals surface area contributed by atoms with Crippen LogP contribution in [0.2, 0.25) is 5.02 Å². The van der Waals surface area contributed by atoms with E-state index in [4.69, 9.17) is 16.3 Å². The highest BCUT2D eigenvalue weighted by atomic mass is 35.5. The van der Waals surface area contributed by atoms with Gasteiger partial charge in [0.15, 0.2) is 5.72 Å². The Labute approximate surface area is 135 Å². The Hall–Kier alpha value is -1.42. The summed E-state index contributed by atoms with van der Waals surface area (Å²) in [6.45, 7) is 1.59. The molecule has 4 heteroatoms. The normalized spacial score (nSPS) is 22.1. The fourth-order valence-electron chi connectivity index (χ4n) is 3.31. The third kappa shape index (κ3) is 2.65. The second kappa shape index (κ2) is 6.37. The van der Waals surface area contributed by atoms with E-state index >= 15 is 0 Å². The molecule has 0 aromatic heterocycles. The van der Waals surface area contributed by atoms with Crippen LogP contribution in [0, 0.1) is 5.82 Å². The number of benzene rings is 2. The number of nitrogens with zero attached hydrogens (tertiary/aromatic N) is 1. The molecule has 0 spiro atoms. The zero-order valence-electron chi connectivity index (χ0n) is 12.6. The minimum Gasteiger partial charge on any atom is -0.359 e. The van der Waals surface area contributed by atoms with Crippen LogP contribution in [-0.4, -0.2) is 18.6 Å². The first-order valence-corrected chi connectivity index (χ1v) is 7.84. The standard InChI is InChI=1S/C18H19ClFNO/c1-22-18(15-9-5-10-16(19)17(15)20)11-6-12-21(18)13-14-7-3-2-4-8-14/h2-5,7-10H,6,11-13H2,1H3/t18-/m0/s1. The molecule has 1 heterocycles. The van der Waals surface area contributed by atoms with E-state index in [1.54, 1.807) is 25.3 Å². The smallest absolute Gasteiger partial charge is 0.150 e. The van der Waals surface area contributed by atoms with Crippen LogP contribution in [-0.2, 0) is 17.0 Å². The summed E-state index contributed by atoms with van der Waals surface area (Å²) in [6.07, 6.45) is 1.72. The van der Waals surface area contributed by atoms with Crippen molar-refractivity contribution >= 4 is 11.6 Å². The minimum atomic E-state index is -0.745. The van der Waals surface area contributed by atoms with Gasteiger partial charge in [-0.05, 0) is 24.5 Å². The molecule has 0 N–H and O–H groups in total. The Kier molecular flexibility index (Phi) is 4.48. The van der Waals surface area contributed by atoms with Crippen LogP contribution in [0.3, 0.4) is 0 Å². The van der Waals surface area contributed by atoms with Gasteiger partial charge in [0, 0.05) is 25.8 Å². The summed E-state index contributed by atoms with van der Waals surface area (Å²) >= 11 is 5.97. The second-order valence-corrected chi connectivity index (χ2v) is 6.01. The maximum Gasteiger partial charge on any atom is 0.150 e. The molecule has 116 valence electrons. The minimum absolute atomic E-state index is 0.139. The summed E-state index contributed by atoms with van der Waals surface area (Å²) < 4.78 is 20.4. The highest BCUT2D eigenvalue weighted by molar-refractivity contribution is 6.30. The van der Waals surface area contributed by atoms with Crippen molar-refractivity contribution in [2.45, 2.75) is 25.1 Å². The molecule has 0 amide bonds. The first kappa shape index (κ1) is 15.5. The van der Waals surface area contributed by atoms with Crippen LogP contribution in [0.5, 0.6) is 0 Å². The van der Waals surface area contributed by atoms with Crippen LogP contribution < -0.4 is 0 Å². The summed E-state index contributed by atoms with van der Waals surface area (Å²) in [7, 11) is 1.64. The van der Waals surface area contributed by atoms with Crippen molar-refractivity contribution in [1.29, 1.82) is 0 Å². The molecular formula is C18H19ClFNO. The molecule has 0 aliphatic carbocycles. The zero-order chi connectivity index (χ0) is 15.6. The van der Waals surface area contributed by atoms with Crippen molar-refractivity contribution in [1.82, 2.24) is 4.90 Å². The molecule has 1 fully saturated rings. The van der Waals surface area contributed by atoms with E-state index in [0.29, 0.717) is 5.56 Å². The highest BCUT2D eigenvalue weighted by Crippen LogP contribution is 2.42. The summed E-state index contributed by atoms with van der Waals surface area (Å²) in [5.41, 5.74) is 0.967. The van der Waals surface area contributed by atoms with E-state index in [1.165, 1.54) is 5.56 Å². The Bertz CT molecular complexity index is 649. The predicted octanol–water partition coefficient (Wildman–Crippen LogP) is 4.57. The highest BCUT2D eigenvalue weighted by Gasteiger charge is 2.44. The Morgan fingerprint density at radius 3 is 2.68 bits per heavy atom. The van der Waals surface area contributed by atoms with Gasteiger partial charge in [-0.2, -0.15) is 0 Å². The van der Waals surface area contributed by atoms with Gasteiger partial charge >= 0.3 is 0 Å². The molecule has 0 unspecified atom stereocenters. The van der Waals surface area contributed by atoms with Crippen LogP contribution in [0.15, 0.2) is 48.5 Å². The van der Waals surface area contributed by atoms with Gasteiger partial charge in [0.1, 0.15) is 5.82 Å². The largest absolute Gasteiger partial charge is 0.359 e. The van der Waals surface area contributed by atoms with Gasteiger partial charge in [0.05, 0.1) is 5.02 Å². The van der Waals surface area contributed by atoms with Crippen LogP contribution in [0.25, 0.3) is 0 Å². The lowest BCUT2D eigenvalue weighted by Gasteiger charge is -2.38. The van der Waals surface area contributed by atoms with Crippen molar-refractivity contribution in [3.8, 4) is 0 Å². The lowest BCUT2D eigenvalue weighted by molar-refractivity contribution is -0.126. The molecule has 1 aliphatic rings. The average molecular weight is 320 g/mol. The van der Waals surface area contributed by atoms with E-state index in [1.807, 2.05) is 18.2 Å². The summed E-state index contributed by atoms with van der Waals surface area (Å²) in [5, 5.41) is 0.139. The second-order valence-electron chi connectivity index (χ2n) is 5.60. The lowest BCUT2D eigenvalue weighted by atomic mass is 9.98. The summed E-state index contributed by atoms with van der Waals surface area (Å²) in [5.74, 6) is -0.383. The topological polar surface area (TPSA) is 12.5 Å². The molecule has 1 saturated heterocycles. The number of rotatable bonds is 4. The molecule has 0 saturated carbocycles. The van der Waals surface area contributed by atoms with Crippen molar-refractivity contribution in [2.75, 3.05) is 13.7 Å². The Morgan fingerprint density at radius 1 is 1.18 bits per heavy atom. The van der Waals surface area contributed by atoms with Crippen molar-refractivity contribution in [3.05, 3.63) is 70.5 Å². The molecule has 2 aromatic carbocycles. The zero-order valence-corrected chi connectivity index (χ0v) is 13.3. The third-order valence-corrected chi connectivity index (χ3v) is 4.67. The first-order valence-electron chi connectivity index (χ1n) is 7.46. The maximum absolute atomic E-state index is 14.6. The molecule has 0 bridgehead atoms. The quantitative estimate of drug-likeness (QED) is 0.818. The number of hydrogen-bond acceptors (Lipinski definition) is 2. The number of halogens is 2. The van der Waals surface area contributed by atoms with Crippen LogP contribution >= 0.6 is 11.6 Å². The molecule has 3 rings (SSSR count). The third-order valence-electron chi connectivity index (χ3n) is 4.38. The van der Waals surface area contributed by atoms with Gasteiger partial charge in [0.2, 0.25) is 0 Å². The molecule has 2 aromatic rings. The average Bonchev–Trinajstić information content (AvgIpc) is 2.95. The van der Waals surface area contributed by atoms with Crippen LogP contribution in [0.1, 0.15) is 24.0 Å². The van der Waals surface area contributed by atoms with E-state index in [2.05, 4.69) is 17.0 Å². The number of hydrogen-bond donors (Lipinski definition) is 0. The van der Waals surface area contributed by atoms with Crippen molar-refractivity contribution < 1.29 is 9.13 Å². The fourth-order valence-corrected chi connectivity index (χ4v) is 3.48. The van der Waals surface area contributed by atoms with Gasteiger partial charge < -0.3 is 4.74 Å². The summed E-state index contributed by atoms with van der Waals surface area (Å²) in [4.78, 5) is 2.19. The van der Waals surface area contributed by atoms with Gasteiger partial charge in [-0.25, -0.2) is 4.39 Å². The van der Waals surface area contributed by atoms with Crippen molar-refractivity contribution in [2.24, 2.45) is 0 Å². The van der Waals surface area contributed by atoms with Gasteiger partial charge in [0.25, 0.3) is 0 Å². The monoisotopic (exact) mass is 319 g/mol. The van der Waals surface area contributed by atoms with E-state index in [0.717, 1.165) is 25.9 Å². The van der Waals surface area contributed by atoms with E-state index < -0.39 is 5.72 Å². The predicted molar refractivity (Wildman–Crippen MR) is 86.2 cm³/mol. The fraction of sp³-hybridized carbons (Fsp3) is 0.333. The molecule has 0 radical (unpaired) electrons. The lowest BCUT2D eigenvalue weighted by Crippen LogP contribution is -2.43. The Morgan fingerprint density at radius 2 is 1.95 bits per heavy atom. The van der Waals surface area contributed by atoms with E-state index in [9.17, 15) is 4.39 Å². The molecule has 1 atom stereocenters. The Balaban J connectivity index is 1.98. The van der Waals surface area contributed by atoms with Crippen LogP contribution in [0.4, 0.5) is 4.39 Å². The number of methoxy groups -OCH3 is 1. The SMILES string of the molecule is CO[C@]1(c2cccc(Cl)c2F)CCCN1Cc1ccccc1. The van der Waals surface area contributed by atoms with Gasteiger partial charge in [-0.1, -0.05) is 54.1 Å². The summed E-state index contributed by atoms with van der Waals surface area (Å²) in [6, 6.07) is 15.3. The van der Waals surface area contributed by atoms with Crippen molar-refractivity contribution in [3.63, 3.8) is 0 Å². The molecule has 2 nitrogen and oxygen atoms in total. The van der Waals surface area contributed by atoms with E-state index in [-0.39, 0.29) is 10.8 Å². The first-order chi connectivity index (χ1) is 10.7. The molecule has 1 aliphatic heterocycles. The molecule has 22 heavy (non-hydrogen) atoms. The van der Waals surface area contributed by atoms with Gasteiger partial charge in [-0.15, -0.1) is 0 Å². The maximum atomic E-state index is 14.6.